The van der Waals surface area contributed by atoms with Crippen molar-refractivity contribution >= 4 is 5.91 Å². The van der Waals surface area contributed by atoms with Crippen molar-refractivity contribution in [3.05, 3.63) is 54.1 Å². The lowest BCUT2D eigenvalue weighted by Crippen LogP contribution is -2.33. The van der Waals surface area contributed by atoms with E-state index in [0.29, 0.717) is 6.42 Å². The van der Waals surface area contributed by atoms with Gasteiger partial charge in [-0.2, -0.15) is 0 Å². The number of rotatable bonds is 6. The quantitative estimate of drug-likeness (QED) is 0.806. The van der Waals surface area contributed by atoms with Gasteiger partial charge in [-0.25, -0.2) is 0 Å². The maximum atomic E-state index is 12.3. The molecule has 0 saturated heterocycles. The van der Waals surface area contributed by atoms with Gasteiger partial charge in [-0.05, 0) is 42.7 Å². The molecule has 0 bridgehead atoms. The van der Waals surface area contributed by atoms with Crippen molar-refractivity contribution in [2.75, 3.05) is 13.1 Å². The van der Waals surface area contributed by atoms with Crippen LogP contribution in [0.4, 0.5) is 0 Å². The summed E-state index contributed by atoms with van der Waals surface area (Å²) >= 11 is 0. The van der Waals surface area contributed by atoms with Gasteiger partial charge in [-0.1, -0.05) is 0 Å². The number of carbonyl (C=O) groups is 1. The molecule has 0 aliphatic heterocycles. The summed E-state index contributed by atoms with van der Waals surface area (Å²) in [5.74, 6) is 0.188. The highest BCUT2D eigenvalue weighted by atomic mass is 16.2. The van der Waals surface area contributed by atoms with Crippen LogP contribution in [0.25, 0.3) is 0 Å². The summed E-state index contributed by atoms with van der Waals surface area (Å²) in [7, 11) is 1.97. The van der Waals surface area contributed by atoms with Gasteiger partial charge in [0.25, 0.3) is 0 Å². The van der Waals surface area contributed by atoms with Crippen LogP contribution in [0, 0.1) is 0 Å². The molecule has 4 heteroatoms. The third kappa shape index (κ3) is 3.95. The van der Waals surface area contributed by atoms with E-state index in [0.717, 1.165) is 25.1 Å². The molecule has 2 aromatic heterocycles. The second-order valence-corrected chi connectivity index (χ2v) is 4.94. The van der Waals surface area contributed by atoms with Crippen LogP contribution in [0.5, 0.6) is 0 Å². The Morgan fingerprint density at radius 3 is 2.60 bits per heavy atom. The van der Waals surface area contributed by atoms with Crippen LogP contribution in [0.15, 0.2) is 43.0 Å². The minimum absolute atomic E-state index is 0.188. The molecule has 4 nitrogen and oxygen atoms in total. The first-order valence-electron chi connectivity index (χ1n) is 6.96. The van der Waals surface area contributed by atoms with Crippen molar-refractivity contribution in [3.8, 4) is 0 Å². The summed E-state index contributed by atoms with van der Waals surface area (Å²) in [6.45, 7) is 3.53. The Labute approximate surface area is 120 Å². The molecule has 0 aliphatic rings. The standard InChI is InChI=1S/C16H21N3O/c1-3-19(11-7-14-4-8-17-9-5-14)16(20)12-15-6-10-18(2)13-15/h4-6,8-10,13H,3,7,11-12H2,1-2H3. The number of aryl methyl sites for hydroxylation is 1. The van der Waals surface area contributed by atoms with Crippen LogP contribution in [-0.2, 0) is 24.7 Å². The number of pyridine rings is 1. The Morgan fingerprint density at radius 1 is 1.25 bits per heavy atom. The van der Waals surface area contributed by atoms with Crippen molar-refractivity contribution in [3.63, 3.8) is 0 Å². The van der Waals surface area contributed by atoms with E-state index in [2.05, 4.69) is 4.98 Å². The average molecular weight is 271 g/mol. The number of hydrogen-bond donors (Lipinski definition) is 0. The van der Waals surface area contributed by atoms with Crippen molar-refractivity contribution in [2.45, 2.75) is 19.8 Å². The van der Waals surface area contributed by atoms with Gasteiger partial charge in [0.05, 0.1) is 6.42 Å². The molecule has 0 atom stereocenters. The zero-order chi connectivity index (χ0) is 14.4. The van der Waals surface area contributed by atoms with Crippen molar-refractivity contribution < 1.29 is 4.79 Å². The minimum Gasteiger partial charge on any atom is -0.357 e. The molecule has 0 saturated carbocycles. The smallest absolute Gasteiger partial charge is 0.227 e. The molecule has 20 heavy (non-hydrogen) atoms. The Bertz CT molecular complexity index is 548. The molecule has 2 rings (SSSR count). The van der Waals surface area contributed by atoms with Crippen LogP contribution < -0.4 is 0 Å². The predicted molar refractivity (Wildman–Crippen MR) is 79.3 cm³/mol. The molecule has 0 aliphatic carbocycles. The maximum Gasteiger partial charge on any atom is 0.227 e. The summed E-state index contributed by atoms with van der Waals surface area (Å²) in [5.41, 5.74) is 2.28. The Morgan fingerprint density at radius 2 is 2.00 bits per heavy atom. The van der Waals surface area contributed by atoms with Gasteiger partial charge in [-0.15, -0.1) is 0 Å². The zero-order valence-electron chi connectivity index (χ0n) is 12.1. The lowest BCUT2D eigenvalue weighted by Gasteiger charge is -2.20. The first-order valence-corrected chi connectivity index (χ1v) is 6.96. The molecule has 0 unspecified atom stereocenters. The van der Waals surface area contributed by atoms with E-state index in [9.17, 15) is 4.79 Å². The topological polar surface area (TPSA) is 38.1 Å². The van der Waals surface area contributed by atoms with E-state index in [1.807, 2.05) is 54.0 Å². The first-order chi connectivity index (χ1) is 9.69. The fourth-order valence-electron chi connectivity index (χ4n) is 2.22. The van der Waals surface area contributed by atoms with E-state index in [1.165, 1.54) is 5.56 Å². The molecule has 2 heterocycles. The average Bonchev–Trinajstić information content (AvgIpc) is 2.86. The maximum absolute atomic E-state index is 12.3. The predicted octanol–water partition coefficient (Wildman–Crippen LogP) is 2.05. The van der Waals surface area contributed by atoms with Crippen molar-refractivity contribution in [1.29, 1.82) is 0 Å². The highest BCUT2D eigenvalue weighted by Crippen LogP contribution is 2.06. The van der Waals surface area contributed by atoms with E-state index >= 15 is 0 Å². The molecule has 0 aromatic carbocycles. The number of likely N-dealkylation sites (N-methyl/N-ethyl adjacent to an activating group) is 1. The van der Waals surface area contributed by atoms with Crippen LogP contribution in [0.3, 0.4) is 0 Å². The number of carbonyl (C=O) groups excluding carboxylic acids is 1. The second-order valence-electron chi connectivity index (χ2n) is 4.94. The molecule has 0 N–H and O–H groups in total. The summed E-state index contributed by atoms with van der Waals surface area (Å²) in [5, 5.41) is 0. The monoisotopic (exact) mass is 271 g/mol. The molecule has 0 fully saturated rings. The normalized spacial score (nSPS) is 10.5. The van der Waals surface area contributed by atoms with Crippen LogP contribution in [-0.4, -0.2) is 33.4 Å². The lowest BCUT2D eigenvalue weighted by atomic mass is 10.1. The Hall–Kier alpha value is -2.10. The molecule has 0 spiro atoms. The molecule has 2 aromatic rings. The van der Waals surface area contributed by atoms with Gasteiger partial charge in [0.1, 0.15) is 0 Å². The molecular formula is C16H21N3O. The zero-order valence-corrected chi connectivity index (χ0v) is 12.1. The number of nitrogens with zero attached hydrogens (tertiary/aromatic N) is 3. The third-order valence-corrected chi connectivity index (χ3v) is 3.40. The Balaban J connectivity index is 1.89. The van der Waals surface area contributed by atoms with Gasteiger partial charge < -0.3 is 9.47 Å². The van der Waals surface area contributed by atoms with Crippen LogP contribution in [0.2, 0.25) is 0 Å². The SMILES string of the molecule is CCN(CCc1ccncc1)C(=O)Cc1ccn(C)c1. The molecule has 1 amide bonds. The van der Waals surface area contributed by atoms with Crippen molar-refractivity contribution in [1.82, 2.24) is 14.5 Å². The van der Waals surface area contributed by atoms with Crippen LogP contribution in [0.1, 0.15) is 18.1 Å². The first kappa shape index (κ1) is 14.3. The fourth-order valence-corrected chi connectivity index (χ4v) is 2.22. The summed E-state index contributed by atoms with van der Waals surface area (Å²) in [6, 6.07) is 5.99. The van der Waals surface area contributed by atoms with Gasteiger partial charge in [0.15, 0.2) is 0 Å². The van der Waals surface area contributed by atoms with Gasteiger partial charge in [0, 0.05) is 44.9 Å². The number of hydrogen-bond acceptors (Lipinski definition) is 2. The van der Waals surface area contributed by atoms with E-state index in [4.69, 9.17) is 0 Å². The fraction of sp³-hybridized carbons (Fsp3) is 0.375. The largest absolute Gasteiger partial charge is 0.357 e. The summed E-state index contributed by atoms with van der Waals surface area (Å²) in [6.07, 6.45) is 8.89. The highest BCUT2D eigenvalue weighted by molar-refractivity contribution is 5.78. The van der Waals surface area contributed by atoms with Crippen LogP contribution >= 0.6 is 0 Å². The van der Waals surface area contributed by atoms with Gasteiger partial charge in [0.2, 0.25) is 5.91 Å². The summed E-state index contributed by atoms with van der Waals surface area (Å²) in [4.78, 5) is 18.2. The van der Waals surface area contributed by atoms with Crippen molar-refractivity contribution in [2.24, 2.45) is 7.05 Å². The third-order valence-electron chi connectivity index (χ3n) is 3.40. The van der Waals surface area contributed by atoms with E-state index in [-0.39, 0.29) is 5.91 Å². The summed E-state index contributed by atoms with van der Waals surface area (Å²) < 4.78 is 1.97. The molecule has 0 radical (unpaired) electrons. The molecule has 106 valence electrons. The number of amides is 1. The van der Waals surface area contributed by atoms with E-state index < -0.39 is 0 Å². The van der Waals surface area contributed by atoms with E-state index in [1.54, 1.807) is 12.4 Å². The lowest BCUT2D eigenvalue weighted by molar-refractivity contribution is -0.130. The Kier molecular flexibility index (Phi) is 4.93. The minimum atomic E-state index is 0.188. The number of aromatic nitrogens is 2. The highest BCUT2D eigenvalue weighted by Gasteiger charge is 2.12. The molecular weight excluding hydrogens is 250 g/mol. The van der Waals surface area contributed by atoms with Gasteiger partial charge in [-0.3, -0.25) is 9.78 Å². The van der Waals surface area contributed by atoms with Gasteiger partial charge >= 0.3 is 0 Å². The second kappa shape index (κ2) is 6.89.